The molecule has 1 atom stereocenters. The largest absolute Gasteiger partial charge is 0.385 e. The van der Waals surface area contributed by atoms with E-state index in [-0.39, 0.29) is 11.8 Å². The molecule has 0 radical (unpaired) electrons. The molecule has 6 heteroatoms. The monoisotopic (exact) mass is 271 g/mol. The molecule has 0 amide bonds. The molecule has 0 aliphatic heterocycles. The van der Waals surface area contributed by atoms with E-state index in [0.717, 1.165) is 6.42 Å². The fourth-order valence-corrected chi connectivity index (χ4v) is 3.02. The molecular weight excluding hydrogens is 250 g/mol. The highest BCUT2D eigenvalue weighted by molar-refractivity contribution is 7.89. The van der Waals surface area contributed by atoms with Gasteiger partial charge in [0.05, 0.1) is 5.75 Å². The van der Waals surface area contributed by atoms with E-state index >= 15 is 0 Å². The van der Waals surface area contributed by atoms with Crippen LogP contribution in [0.2, 0.25) is 0 Å². The van der Waals surface area contributed by atoms with Gasteiger partial charge in [0.2, 0.25) is 10.0 Å². The van der Waals surface area contributed by atoms with E-state index in [1.807, 2.05) is 13.8 Å². The summed E-state index contributed by atoms with van der Waals surface area (Å²) in [6.45, 7) is 4.54. The Morgan fingerprint density at radius 1 is 1.38 bits per heavy atom. The molecule has 1 unspecified atom stereocenters. The second-order valence-electron chi connectivity index (χ2n) is 4.26. The summed E-state index contributed by atoms with van der Waals surface area (Å²) >= 11 is 5.73. The Hall–Kier alpha value is 0.160. The lowest BCUT2D eigenvalue weighted by atomic mass is 10.1. The average molecular weight is 272 g/mol. The molecule has 0 heterocycles. The summed E-state index contributed by atoms with van der Waals surface area (Å²) in [4.78, 5) is 0. The smallest absolute Gasteiger partial charge is 0.211 e. The van der Waals surface area contributed by atoms with Crippen molar-refractivity contribution in [2.75, 3.05) is 25.3 Å². The number of alkyl halides is 1. The summed E-state index contributed by atoms with van der Waals surface area (Å²) < 4.78 is 30.7. The second-order valence-corrected chi connectivity index (χ2v) is 6.45. The summed E-state index contributed by atoms with van der Waals surface area (Å²) in [5.41, 5.74) is 0. The van der Waals surface area contributed by atoms with Crippen molar-refractivity contribution < 1.29 is 13.2 Å². The standard InChI is InChI=1S/C10H22ClNO3S/c1-9(2)7-10(8-11)12-16(13,14)6-4-5-15-3/h9-10,12H,4-8H2,1-3H3. The highest BCUT2D eigenvalue weighted by Crippen LogP contribution is 2.07. The van der Waals surface area contributed by atoms with Crippen LogP contribution in [0.4, 0.5) is 0 Å². The predicted octanol–water partition coefficient (Wildman–Crippen LogP) is 1.60. The summed E-state index contributed by atoms with van der Waals surface area (Å²) in [5.74, 6) is 0.819. The summed E-state index contributed by atoms with van der Waals surface area (Å²) in [6.07, 6.45) is 1.26. The Bertz CT molecular complexity index is 267. The Morgan fingerprint density at radius 3 is 2.44 bits per heavy atom. The van der Waals surface area contributed by atoms with Crippen molar-refractivity contribution in [2.24, 2.45) is 5.92 Å². The number of rotatable bonds is 9. The van der Waals surface area contributed by atoms with Gasteiger partial charge in [-0.25, -0.2) is 13.1 Å². The quantitative estimate of drug-likeness (QED) is 0.512. The molecule has 0 saturated heterocycles. The molecule has 0 aromatic heterocycles. The van der Waals surface area contributed by atoms with Gasteiger partial charge in [0, 0.05) is 25.6 Å². The average Bonchev–Trinajstić information content (AvgIpc) is 2.15. The molecule has 0 aromatic rings. The molecule has 1 N–H and O–H groups in total. The van der Waals surface area contributed by atoms with Gasteiger partial charge in [0.15, 0.2) is 0 Å². The van der Waals surface area contributed by atoms with Crippen molar-refractivity contribution in [1.29, 1.82) is 0 Å². The van der Waals surface area contributed by atoms with E-state index < -0.39 is 10.0 Å². The second kappa shape index (κ2) is 8.28. The molecule has 0 saturated carbocycles. The van der Waals surface area contributed by atoms with Crippen LogP contribution >= 0.6 is 11.6 Å². The van der Waals surface area contributed by atoms with E-state index in [0.29, 0.717) is 24.8 Å². The molecule has 98 valence electrons. The van der Waals surface area contributed by atoms with Crippen molar-refractivity contribution in [3.8, 4) is 0 Å². The lowest BCUT2D eigenvalue weighted by Crippen LogP contribution is -2.38. The molecule has 0 aromatic carbocycles. The molecule has 0 bridgehead atoms. The minimum Gasteiger partial charge on any atom is -0.385 e. The van der Waals surface area contributed by atoms with E-state index in [1.54, 1.807) is 7.11 Å². The van der Waals surface area contributed by atoms with Crippen molar-refractivity contribution in [3.63, 3.8) is 0 Å². The topological polar surface area (TPSA) is 55.4 Å². The number of hydrogen-bond acceptors (Lipinski definition) is 3. The van der Waals surface area contributed by atoms with Crippen LogP contribution in [0.15, 0.2) is 0 Å². The molecule has 16 heavy (non-hydrogen) atoms. The van der Waals surface area contributed by atoms with E-state index in [2.05, 4.69) is 4.72 Å². The normalized spacial score (nSPS) is 14.3. The van der Waals surface area contributed by atoms with E-state index in [9.17, 15) is 8.42 Å². The Labute approximate surface area is 104 Å². The van der Waals surface area contributed by atoms with Crippen LogP contribution in [0.1, 0.15) is 26.7 Å². The van der Waals surface area contributed by atoms with Crippen LogP contribution in [0.3, 0.4) is 0 Å². The molecule has 0 fully saturated rings. The zero-order valence-electron chi connectivity index (χ0n) is 10.2. The number of methoxy groups -OCH3 is 1. The van der Waals surface area contributed by atoms with Crippen LogP contribution in [-0.2, 0) is 14.8 Å². The van der Waals surface area contributed by atoms with Crippen LogP contribution in [0, 0.1) is 5.92 Å². The molecule has 0 aliphatic carbocycles. The minimum atomic E-state index is -3.23. The Kier molecular flexibility index (Phi) is 8.36. The van der Waals surface area contributed by atoms with Crippen molar-refractivity contribution in [2.45, 2.75) is 32.7 Å². The Morgan fingerprint density at radius 2 is 2.00 bits per heavy atom. The number of hydrogen-bond donors (Lipinski definition) is 1. The van der Waals surface area contributed by atoms with Gasteiger partial charge in [-0.2, -0.15) is 0 Å². The van der Waals surface area contributed by atoms with E-state index in [4.69, 9.17) is 16.3 Å². The third-order valence-corrected chi connectivity index (χ3v) is 3.94. The third-order valence-electron chi connectivity index (χ3n) is 2.05. The zero-order valence-corrected chi connectivity index (χ0v) is 11.8. The van der Waals surface area contributed by atoms with Gasteiger partial charge in [-0.15, -0.1) is 11.6 Å². The summed E-state index contributed by atoms with van der Waals surface area (Å²) in [7, 11) is -1.67. The maximum atomic E-state index is 11.6. The van der Waals surface area contributed by atoms with Gasteiger partial charge < -0.3 is 4.74 Å². The van der Waals surface area contributed by atoms with Crippen LogP contribution in [0.25, 0.3) is 0 Å². The maximum absolute atomic E-state index is 11.6. The number of halogens is 1. The fraction of sp³-hybridized carbons (Fsp3) is 1.00. The fourth-order valence-electron chi connectivity index (χ4n) is 1.42. The first-order valence-electron chi connectivity index (χ1n) is 5.46. The zero-order chi connectivity index (χ0) is 12.6. The van der Waals surface area contributed by atoms with Crippen molar-refractivity contribution in [3.05, 3.63) is 0 Å². The van der Waals surface area contributed by atoms with Gasteiger partial charge in [0.25, 0.3) is 0 Å². The van der Waals surface area contributed by atoms with E-state index in [1.165, 1.54) is 0 Å². The first kappa shape index (κ1) is 16.2. The first-order chi connectivity index (χ1) is 7.41. The molecule has 0 aliphatic rings. The van der Waals surface area contributed by atoms with Gasteiger partial charge in [-0.05, 0) is 18.8 Å². The lowest BCUT2D eigenvalue weighted by molar-refractivity contribution is 0.199. The lowest BCUT2D eigenvalue weighted by Gasteiger charge is -2.17. The number of sulfonamides is 1. The van der Waals surface area contributed by atoms with Crippen molar-refractivity contribution >= 4 is 21.6 Å². The highest BCUT2D eigenvalue weighted by atomic mass is 35.5. The van der Waals surface area contributed by atoms with Crippen LogP contribution in [-0.4, -0.2) is 39.8 Å². The maximum Gasteiger partial charge on any atom is 0.211 e. The van der Waals surface area contributed by atoms with Gasteiger partial charge >= 0.3 is 0 Å². The SMILES string of the molecule is COCCCS(=O)(=O)NC(CCl)CC(C)C. The molecule has 0 spiro atoms. The highest BCUT2D eigenvalue weighted by Gasteiger charge is 2.17. The third kappa shape index (κ3) is 8.33. The Balaban J connectivity index is 4.10. The predicted molar refractivity (Wildman–Crippen MR) is 67.4 cm³/mol. The van der Waals surface area contributed by atoms with Gasteiger partial charge in [0.1, 0.15) is 0 Å². The number of nitrogens with one attached hydrogen (secondary N) is 1. The van der Waals surface area contributed by atoms with Gasteiger partial charge in [-0.3, -0.25) is 0 Å². The summed E-state index contributed by atoms with van der Waals surface area (Å²) in [6, 6.07) is -0.172. The van der Waals surface area contributed by atoms with Gasteiger partial charge in [-0.1, -0.05) is 13.8 Å². The van der Waals surface area contributed by atoms with Crippen LogP contribution < -0.4 is 4.72 Å². The van der Waals surface area contributed by atoms with Crippen LogP contribution in [0.5, 0.6) is 0 Å². The molecule has 0 rings (SSSR count). The number of ether oxygens (including phenoxy) is 1. The molecular formula is C10H22ClNO3S. The van der Waals surface area contributed by atoms with Crippen molar-refractivity contribution in [1.82, 2.24) is 4.72 Å². The minimum absolute atomic E-state index is 0.0896. The molecule has 4 nitrogen and oxygen atoms in total. The first-order valence-corrected chi connectivity index (χ1v) is 7.65. The summed E-state index contributed by atoms with van der Waals surface area (Å²) in [5, 5.41) is 0.